The van der Waals surface area contributed by atoms with Crippen molar-refractivity contribution >= 4 is 22.2 Å². The molecule has 7 heteroatoms. The van der Waals surface area contributed by atoms with Gasteiger partial charge in [-0.3, -0.25) is 9.36 Å². The molecule has 0 N–H and O–H groups in total. The largest absolute Gasteiger partial charge is 0.334 e. The molecule has 0 fully saturated rings. The third kappa shape index (κ3) is 2.97. The fourth-order valence-electron chi connectivity index (χ4n) is 3.50. The Morgan fingerprint density at radius 3 is 2.66 bits per heavy atom. The maximum Gasteiger partial charge on any atom is 0.269 e. The van der Waals surface area contributed by atoms with E-state index in [4.69, 9.17) is 0 Å². The van der Waals surface area contributed by atoms with Gasteiger partial charge in [-0.2, -0.15) is 0 Å². The lowest BCUT2D eigenvalue weighted by Crippen LogP contribution is -2.21. The maximum absolute atomic E-state index is 14.9. The van der Waals surface area contributed by atoms with E-state index >= 15 is 0 Å². The van der Waals surface area contributed by atoms with Crippen molar-refractivity contribution in [3.05, 3.63) is 89.0 Å². The highest BCUT2D eigenvalue weighted by molar-refractivity contribution is 5.82. The van der Waals surface area contributed by atoms with Gasteiger partial charge in [-0.05, 0) is 41.5 Å². The van der Waals surface area contributed by atoms with Gasteiger partial charge < -0.3 is 4.57 Å². The Morgan fingerprint density at radius 2 is 1.79 bits per heavy atom. The van der Waals surface area contributed by atoms with Crippen LogP contribution in [0.15, 0.2) is 72.0 Å². The fraction of sp³-hybridized carbons (Fsp3) is 0.0909. The van der Waals surface area contributed by atoms with Gasteiger partial charge in [-0.15, -0.1) is 0 Å². The second-order valence-corrected chi connectivity index (χ2v) is 6.89. The van der Waals surface area contributed by atoms with Gasteiger partial charge in [-0.25, -0.2) is 19.3 Å². The summed E-state index contributed by atoms with van der Waals surface area (Å²) in [5.41, 5.74) is 4.70. The molecule has 0 radical (unpaired) electrons. The highest BCUT2D eigenvalue weighted by Gasteiger charge is 2.11. The van der Waals surface area contributed by atoms with Crippen LogP contribution in [0.4, 0.5) is 4.39 Å². The van der Waals surface area contributed by atoms with Crippen molar-refractivity contribution in [2.75, 3.05) is 0 Å². The second-order valence-electron chi connectivity index (χ2n) is 6.89. The van der Waals surface area contributed by atoms with E-state index < -0.39 is 0 Å². The zero-order valence-electron chi connectivity index (χ0n) is 15.6. The number of nitrogens with zero attached hydrogens (tertiary/aromatic N) is 5. The summed E-state index contributed by atoms with van der Waals surface area (Å²) < 4.78 is 18.3. The summed E-state index contributed by atoms with van der Waals surface area (Å²) in [6.45, 7) is 0.108. The Kier molecular flexibility index (Phi) is 3.94. The van der Waals surface area contributed by atoms with Gasteiger partial charge in [0.2, 0.25) is 0 Å². The Hall–Kier alpha value is -3.87. The lowest BCUT2D eigenvalue weighted by molar-refractivity contribution is 0.599. The monoisotopic (exact) mass is 385 g/mol. The van der Waals surface area contributed by atoms with Crippen molar-refractivity contribution in [1.82, 2.24) is 24.1 Å². The Balaban J connectivity index is 1.54. The number of halogens is 1. The molecule has 142 valence electrons. The van der Waals surface area contributed by atoms with Gasteiger partial charge in [0.15, 0.2) is 5.65 Å². The molecular weight excluding hydrogens is 369 g/mol. The summed E-state index contributed by atoms with van der Waals surface area (Å²) in [6, 6.07) is 14.4. The highest BCUT2D eigenvalue weighted by atomic mass is 19.1. The van der Waals surface area contributed by atoms with Gasteiger partial charge in [0, 0.05) is 18.8 Å². The number of aromatic nitrogens is 5. The van der Waals surface area contributed by atoms with E-state index in [1.54, 1.807) is 30.7 Å². The van der Waals surface area contributed by atoms with Gasteiger partial charge in [0.25, 0.3) is 5.56 Å². The highest BCUT2D eigenvalue weighted by Crippen LogP contribution is 2.26. The van der Waals surface area contributed by atoms with E-state index in [9.17, 15) is 9.18 Å². The second kappa shape index (κ2) is 6.63. The molecule has 0 saturated heterocycles. The standard InChI is InChI=1S/C22H16FN5O/c1-27-13-26-18-7-6-15(10-20(18)27)14-4-5-16(17(23)9-14)12-28-19-3-2-8-24-22(19)25-11-21(28)29/h2-11,13H,12H2,1H3. The number of rotatable bonds is 3. The molecule has 0 spiro atoms. The van der Waals surface area contributed by atoms with Crippen molar-refractivity contribution in [2.45, 2.75) is 6.54 Å². The molecule has 0 amide bonds. The summed E-state index contributed by atoms with van der Waals surface area (Å²) in [5.74, 6) is -0.367. The van der Waals surface area contributed by atoms with Crippen LogP contribution in [-0.4, -0.2) is 24.1 Å². The first-order chi connectivity index (χ1) is 14.1. The number of benzene rings is 2. The van der Waals surface area contributed by atoms with Crippen molar-refractivity contribution < 1.29 is 4.39 Å². The van der Waals surface area contributed by atoms with Crippen LogP contribution in [0.5, 0.6) is 0 Å². The van der Waals surface area contributed by atoms with Crippen molar-refractivity contribution in [1.29, 1.82) is 0 Å². The molecule has 0 unspecified atom stereocenters. The van der Waals surface area contributed by atoms with Gasteiger partial charge >= 0.3 is 0 Å². The first-order valence-corrected chi connectivity index (χ1v) is 9.10. The molecule has 6 nitrogen and oxygen atoms in total. The van der Waals surface area contributed by atoms with Crippen LogP contribution in [0, 0.1) is 5.82 Å². The Morgan fingerprint density at radius 1 is 0.966 bits per heavy atom. The van der Waals surface area contributed by atoms with Crippen LogP contribution in [0.25, 0.3) is 33.3 Å². The summed E-state index contributed by atoms with van der Waals surface area (Å²) in [5, 5.41) is 0. The predicted octanol–water partition coefficient (Wildman–Crippen LogP) is 3.53. The molecule has 0 aliphatic rings. The van der Waals surface area contributed by atoms with Gasteiger partial charge in [0.1, 0.15) is 5.82 Å². The average molecular weight is 385 g/mol. The molecule has 0 aliphatic carbocycles. The zero-order chi connectivity index (χ0) is 20.0. The summed E-state index contributed by atoms with van der Waals surface area (Å²) in [7, 11) is 1.93. The molecule has 3 aromatic heterocycles. The van der Waals surface area contributed by atoms with E-state index in [-0.39, 0.29) is 17.9 Å². The third-order valence-corrected chi connectivity index (χ3v) is 5.06. The number of imidazole rings is 1. The number of aryl methyl sites for hydroxylation is 1. The van der Waals surface area contributed by atoms with E-state index in [1.807, 2.05) is 35.9 Å². The molecule has 0 saturated carbocycles. The minimum atomic E-state index is -0.367. The first-order valence-electron chi connectivity index (χ1n) is 9.10. The van der Waals surface area contributed by atoms with Crippen LogP contribution in [-0.2, 0) is 13.6 Å². The SMILES string of the molecule is Cn1cnc2ccc(-c3ccc(Cn4c(=O)cnc5ncccc54)c(F)c3)cc21. The normalized spacial score (nSPS) is 11.4. The average Bonchev–Trinajstić information content (AvgIpc) is 3.11. The smallest absolute Gasteiger partial charge is 0.269 e. The molecule has 0 atom stereocenters. The lowest BCUT2D eigenvalue weighted by Gasteiger charge is -2.11. The maximum atomic E-state index is 14.9. The van der Waals surface area contributed by atoms with Gasteiger partial charge in [-0.1, -0.05) is 18.2 Å². The number of hydrogen-bond donors (Lipinski definition) is 0. The van der Waals surface area contributed by atoms with Crippen LogP contribution < -0.4 is 5.56 Å². The number of pyridine rings is 1. The van der Waals surface area contributed by atoms with E-state index in [0.717, 1.165) is 22.2 Å². The molecule has 5 aromatic rings. The molecular formula is C22H16FN5O. The Bertz CT molecular complexity index is 1440. The number of hydrogen-bond acceptors (Lipinski definition) is 4. The summed E-state index contributed by atoms with van der Waals surface area (Å²) in [6.07, 6.45) is 4.58. The van der Waals surface area contributed by atoms with E-state index in [0.29, 0.717) is 16.7 Å². The van der Waals surface area contributed by atoms with Crippen molar-refractivity contribution in [2.24, 2.45) is 7.05 Å². The Labute approximate surface area is 164 Å². The minimum Gasteiger partial charge on any atom is -0.334 e. The summed E-state index contributed by atoms with van der Waals surface area (Å²) in [4.78, 5) is 24.8. The van der Waals surface area contributed by atoms with Gasteiger partial charge in [0.05, 0.1) is 35.6 Å². The number of fused-ring (bicyclic) bond motifs is 2. The lowest BCUT2D eigenvalue weighted by atomic mass is 10.0. The van der Waals surface area contributed by atoms with E-state index in [1.165, 1.54) is 16.8 Å². The van der Waals surface area contributed by atoms with Crippen LogP contribution in [0.2, 0.25) is 0 Å². The molecule has 0 aliphatic heterocycles. The summed E-state index contributed by atoms with van der Waals surface area (Å²) >= 11 is 0. The third-order valence-electron chi connectivity index (χ3n) is 5.06. The minimum absolute atomic E-state index is 0.108. The molecule has 5 rings (SSSR count). The van der Waals surface area contributed by atoms with Crippen LogP contribution in [0.1, 0.15) is 5.56 Å². The topological polar surface area (TPSA) is 65.6 Å². The van der Waals surface area contributed by atoms with Crippen molar-refractivity contribution in [3.8, 4) is 11.1 Å². The predicted molar refractivity (Wildman–Crippen MR) is 109 cm³/mol. The zero-order valence-corrected chi connectivity index (χ0v) is 15.6. The quantitative estimate of drug-likeness (QED) is 0.477. The fourth-order valence-corrected chi connectivity index (χ4v) is 3.50. The molecule has 2 aromatic carbocycles. The van der Waals surface area contributed by atoms with Crippen molar-refractivity contribution in [3.63, 3.8) is 0 Å². The first kappa shape index (κ1) is 17.2. The molecule has 0 bridgehead atoms. The van der Waals surface area contributed by atoms with Crippen LogP contribution in [0.3, 0.4) is 0 Å². The molecule has 29 heavy (non-hydrogen) atoms. The van der Waals surface area contributed by atoms with E-state index in [2.05, 4.69) is 15.0 Å². The molecule has 3 heterocycles. The van der Waals surface area contributed by atoms with Crippen LogP contribution >= 0.6 is 0 Å².